The zero-order chi connectivity index (χ0) is 19.4. The number of para-hydroxylation sites is 2. The van der Waals surface area contributed by atoms with Gasteiger partial charge in [-0.3, -0.25) is 0 Å². The predicted octanol–water partition coefficient (Wildman–Crippen LogP) is 4.49. The average molecular weight is 404 g/mol. The number of aromatic nitrogens is 2. The lowest BCUT2D eigenvalue weighted by atomic mass is 10.2. The Morgan fingerprint density at radius 2 is 1.63 bits per heavy atom. The van der Waals surface area contributed by atoms with Gasteiger partial charge in [-0.2, -0.15) is 0 Å². The van der Waals surface area contributed by atoms with Crippen molar-refractivity contribution in [2.45, 2.75) is 30.5 Å². The molecular formula is C20H22ClN3O2S. The number of fused-ring (bicyclic) bond motifs is 1. The highest BCUT2D eigenvalue weighted by Gasteiger charge is 2.25. The molecule has 1 heterocycles. The first kappa shape index (κ1) is 19.6. The third-order valence-electron chi connectivity index (χ3n) is 4.29. The molecule has 0 atom stereocenters. The Bertz CT molecular complexity index is 1040. The maximum atomic E-state index is 13.2. The summed E-state index contributed by atoms with van der Waals surface area (Å²) in [6, 6.07) is 14.1. The van der Waals surface area contributed by atoms with E-state index < -0.39 is 9.84 Å². The van der Waals surface area contributed by atoms with Crippen molar-refractivity contribution in [1.82, 2.24) is 9.97 Å². The van der Waals surface area contributed by atoms with E-state index in [1.807, 2.05) is 30.1 Å². The molecule has 0 aliphatic rings. The molecule has 27 heavy (non-hydrogen) atoms. The predicted molar refractivity (Wildman–Crippen MR) is 110 cm³/mol. The molecule has 0 bridgehead atoms. The summed E-state index contributed by atoms with van der Waals surface area (Å²) in [5, 5.41) is 0.594. The molecule has 3 rings (SSSR count). The van der Waals surface area contributed by atoms with E-state index in [2.05, 4.69) is 16.9 Å². The first-order valence-corrected chi connectivity index (χ1v) is 10.9. The number of sulfone groups is 1. The van der Waals surface area contributed by atoms with Crippen LogP contribution in [-0.2, 0) is 15.6 Å². The van der Waals surface area contributed by atoms with Crippen LogP contribution in [0, 0.1) is 0 Å². The van der Waals surface area contributed by atoms with E-state index in [-0.39, 0.29) is 10.8 Å². The monoisotopic (exact) mass is 403 g/mol. The van der Waals surface area contributed by atoms with Gasteiger partial charge in [0, 0.05) is 18.6 Å². The summed E-state index contributed by atoms with van der Waals surface area (Å²) in [6.07, 6.45) is 1.96. The van der Waals surface area contributed by atoms with E-state index in [0.29, 0.717) is 34.0 Å². The Labute approximate surface area is 164 Å². The van der Waals surface area contributed by atoms with Gasteiger partial charge in [-0.15, -0.1) is 0 Å². The van der Waals surface area contributed by atoms with Crippen molar-refractivity contribution in [1.29, 1.82) is 0 Å². The largest absolute Gasteiger partial charge is 0.357 e. The number of halogens is 1. The van der Waals surface area contributed by atoms with Crippen molar-refractivity contribution in [3.8, 4) is 0 Å². The van der Waals surface area contributed by atoms with Gasteiger partial charge in [0.1, 0.15) is 0 Å². The van der Waals surface area contributed by atoms with Crippen molar-refractivity contribution in [2.24, 2.45) is 0 Å². The van der Waals surface area contributed by atoms with Crippen molar-refractivity contribution in [3.63, 3.8) is 0 Å². The number of unbranched alkanes of at least 4 members (excludes halogenated alkanes) is 1. The van der Waals surface area contributed by atoms with Gasteiger partial charge < -0.3 is 4.90 Å². The lowest BCUT2D eigenvalue weighted by Crippen LogP contribution is -2.23. The Morgan fingerprint density at radius 3 is 2.26 bits per heavy atom. The van der Waals surface area contributed by atoms with E-state index in [4.69, 9.17) is 11.6 Å². The third-order valence-corrected chi connectivity index (χ3v) is 6.12. The van der Waals surface area contributed by atoms with Crippen LogP contribution in [0.15, 0.2) is 53.6 Å². The highest BCUT2D eigenvalue weighted by molar-refractivity contribution is 7.90. The number of hydrogen-bond acceptors (Lipinski definition) is 5. The maximum absolute atomic E-state index is 13.2. The zero-order valence-corrected chi connectivity index (χ0v) is 17.0. The highest BCUT2D eigenvalue weighted by atomic mass is 35.5. The molecule has 3 aromatic rings. The Morgan fingerprint density at radius 1 is 1.00 bits per heavy atom. The highest BCUT2D eigenvalue weighted by Crippen LogP contribution is 2.27. The van der Waals surface area contributed by atoms with E-state index in [1.54, 1.807) is 30.3 Å². The van der Waals surface area contributed by atoms with Gasteiger partial charge in [-0.05, 0) is 36.2 Å². The van der Waals surface area contributed by atoms with Crippen molar-refractivity contribution in [3.05, 3.63) is 59.1 Å². The molecule has 0 saturated heterocycles. The van der Waals surface area contributed by atoms with Crippen LogP contribution in [0.4, 0.5) is 5.82 Å². The Balaban J connectivity index is 2.07. The summed E-state index contributed by atoms with van der Waals surface area (Å²) in [5.74, 6) is 0.252. The van der Waals surface area contributed by atoms with Crippen LogP contribution in [0.3, 0.4) is 0 Å². The SMILES string of the molecule is CCCCN(C)c1nc2ccccc2nc1S(=O)(=O)Cc1ccc(Cl)cc1. The van der Waals surface area contributed by atoms with Gasteiger partial charge >= 0.3 is 0 Å². The number of anilines is 1. The van der Waals surface area contributed by atoms with Crippen LogP contribution in [0.2, 0.25) is 5.02 Å². The quantitative estimate of drug-likeness (QED) is 0.581. The van der Waals surface area contributed by atoms with Gasteiger partial charge in [-0.25, -0.2) is 18.4 Å². The fourth-order valence-corrected chi connectivity index (χ4v) is 4.41. The molecule has 0 N–H and O–H groups in total. The molecule has 0 saturated carbocycles. The molecule has 5 nitrogen and oxygen atoms in total. The molecule has 0 fully saturated rings. The van der Waals surface area contributed by atoms with E-state index >= 15 is 0 Å². The van der Waals surface area contributed by atoms with Crippen LogP contribution in [0.25, 0.3) is 11.0 Å². The van der Waals surface area contributed by atoms with E-state index in [9.17, 15) is 8.42 Å². The summed E-state index contributed by atoms with van der Waals surface area (Å²) >= 11 is 5.90. The smallest absolute Gasteiger partial charge is 0.203 e. The summed E-state index contributed by atoms with van der Waals surface area (Å²) in [7, 11) is -1.82. The molecular weight excluding hydrogens is 382 g/mol. The average Bonchev–Trinajstić information content (AvgIpc) is 2.66. The van der Waals surface area contributed by atoms with Crippen LogP contribution < -0.4 is 4.90 Å². The molecule has 0 aliphatic heterocycles. The standard InChI is InChI=1S/C20H22ClN3O2S/c1-3-4-13-24(2)19-20(23-18-8-6-5-7-17(18)22-19)27(25,26)14-15-9-11-16(21)12-10-15/h5-12H,3-4,13-14H2,1-2H3. The summed E-state index contributed by atoms with van der Waals surface area (Å²) in [4.78, 5) is 11.0. The second-order valence-corrected chi connectivity index (χ2v) is 8.84. The zero-order valence-electron chi connectivity index (χ0n) is 15.4. The molecule has 2 aromatic carbocycles. The van der Waals surface area contributed by atoms with Crippen molar-refractivity contribution < 1.29 is 8.42 Å². The Hall–Kier alpha value is -2.18. The minimum Gasteiger partial charge on any atom is -0.357 e. The first-order valence-electron chi connectivity index (χ1n) is 8.86. The molecule has 142 valence electrons. The van der Waals surface area contributed by atoms with Gasteiger partial charge in [0.25, 0.3) is 0 Å². The molecule has 1 aromatic heterocycles. The third kappa shape index (κ3) is 4.57. The molecule has 0 amide bonds. The molecule has 0 aliphatic carbocycles. The van der Waals surface area contributed by atoms with Gasteiger partial charge in [0.15, 0.2) is 10.8 Å². The summed E-state index contributed by atoms with van der Waals surface area (Å²) in [5.41, 5.74) is 1.91. The minimum absolute atomic E-state index is 0.0229. The fourth-order valence-electron chi connectivity index (χ4n) is 2.80. The van der Waals surface area contributed by atoms with E-state index in [1.165, 1.54) is 0 Å². The van der Waals surface area contributed by atoms with Crippen LogP contribution in [0.1, 0.15) is 25.3 Å². The number of rotatable bonds is 7. The minimum atomic E-state index is -3.68. The molecule has 7 heteroatoms. The number of benzene rings is 2. The van der Waals surface area contributed by atoms with Crippen molar-refractivity contribution >= 4 is 38.3 Å². The van der Waals surface area contributed by atoms with Crippen LogP contribution in [-0.4, -0.2) is 32.0 Å². The second-order valence-electron chi connectivity index (χ2n) is 6.50. The summed E-state index contributed by atoms with van der Waals surface area (Å²) in [6.45, 7) is 2.81. The fraction of sp³-hybridized carbons (Fsp3) is 0.300. The number of hydrogen-bond donors (Lipinski definition) is 0. The topological polar surface area (TPSA) is 63.2 Å². The normalized spacial score (nSPS) is 11.7. The molecule has 0 unspecified atom stereocenters. The lowest BCUT2D eigenvalue weighted by Gasteiger charge is -2.21. The first-order chi connectivity index (χ1) is 12.9. The maximum Gasteiger partial charge on any atom is 0.203 e. The molecule has 0 spiro atoms. The van der Waals surface area contributed by atoms with Gasteiger partial charge in [0.2, 0.25) is 9.84 Å². The second kappa shape index (κ2) is 8.23. The van der Waals surface area contributed by atoms with Gasteiger partial charge in [-0.1, -0.05) is 49.2 Å². The summed E-state index contributed by atoms with van der Waals surface area (Å²) < 4.78 is 26.3. The lowest BCUT2D eigenvalue weighted by molar-refractivity contribution is 0.590. The van der Waals surface area contributed by atoms with E-state index in [0.717, 1.165) is 12.8 Å². The number of nitrogens with zero attached hydrogens (tertiary/aromatic N) is 3. The Kier molecular flexibility index (Phi) is 5.97. The van der Waals surface area contributed by atoms with Crippen molar-refractivity contribution in [2.75, 3.05) is 18.5 Å². The van der Waals surface area contributed by atoms with Gasteiger partial charge in [0.05, 0.1) is 16.8 Å². The van der Waals surface area contributed by atoms with Crippen LogP contribution in [0.5, 0.6) is 0 Å². The van der Waals surface area contributed by atoms with Crippen LogP contribution >= 0.6 is 11.6 Å². The molecule has 0 radical (unpaired) electrons.